The molecule has 9 heteroatoms. The van der Waals surface area contributed by atoms with E-state index >= 15 is 0 Å². The highest BCUT2D eigenvalue weighted by Gasteiger charge is 2.35. The van der Waals surface area contributed by atoms with Gasteiger partial charge in [0.05, 0.1) is 31.7 Å². The zero-order valence-electron chi connectivity index (χ0n) is 18.3. The zero-order chi connectivity index (χ0) is 22.8. The number of likely N-dealkylation sites (N-methyl/N-ethyl adjacent to an activating group) is 1. The van der Waals surface area contributed by atoms with E-state index in [0.717, 1.165) is 9.87 Å². The third kappa shape index (κ3) is 5.11. The van der Waals surface area contributed by atoms with Crippen molar-refractivity contribution in [2.75, 3.05) is 27.8 Å². The third-order valence-corrected chi connectivity index (χ3v) is 6.96. The number of benzene rings is 2. The van der Waals surface area contributed by atoms with E-state index in [-0.39, 0.29) is 17.5 Å². The molecular weight excluding hydrogens is 420 g/mol. The fourth-order valence-electron chi connectivity index (χ4n) is 3.54. The predicted molar refractivity (Wildman–Crippen MR) is 116 cm³/mol. The van der Waals surface area contributed by atoms with Gasteiger partial charge in [-0.3, -0.25) is 4.79 Å². The highest BCUT2D eigenvalue weighted by Crippen LogP contribution is 2.41. The van der Waals surface area contributed by atoms with Crippen molar-refractivity contribution in [2.24, 2.45) is 0 Å². The minimum atomic E-state index is -3.82. The average molecular weight is 449 g/mol. The Morgan fingerprint density at radius 2 is 1.74 bits per heavy atom. The molecule has 0 unspecified atom stereocenters. The molecule has 0 radical (unpaired) electrons. The zero-order valence-corrected chi connectivity index (χ0v) is 19.2. The van der Waals surface area contributed by atoms with E-state index in [1.165, 1.54) is 26.3 Å². The van der Waals surface area contributed by atoms with Crippen LogP contribution in [0.15, 0.2) is 47.4 Å². The van der Waals surface area contributed by atoms with Gasteiger partial charge in [-0.1, -0.05) is 0 Å². The van der Waals surface area contributed by atoms with Gasteiger partial charge < -0.3 is 19.5 Å². The molecule has 1 heterocycles. The molecule has 0 spiro atoms. The van der Waals surface area contributed by atoms with Crippen LogP contribution in [0.1, 0.15) is 31.9 Å². The minimum Gasteiger partial charge on any atom is -0.497 e. The molecule has 0 saturated heterocycles. The first-order chi connectivity index (χ1) is 14.6. The molecule has 2 aromatic rings. The predicted octanol–water partition coefficient (Wildman–Crippen LogP) is 2.74. The molecule has 3 rings (SSSR count). The number of methoxy groups -OCH3 is 2. The molecule has 0 aliphatic carbocycles. The SMILES string of the molecule is COc1ccc(S(=O)(=O)N(C)CC(=O)N[C@H]2CC(C)(C)Oc3cc(OC)ccc32)cc1. The van der Waals surface area contributed by atoms with Gasteiger partial charge in [0.1, 0.15) is 22.8 Å². The number of nitrogens with zero attached hydrogens (tertiary/aromatic N) is 1. The molecule has 1 atom stereocenters. The van der Waals surface area contributed by atoms with E-state index < -0.39 is 21.5 Å². The third-order valence-electron chi connectivity index (χ3n) is 5.15. The molecule has 8 nitrogen and oxygen atoms in total. The number of hydrogen-bond acceptors (Lipinski definition) is 6. The molecule has 0 fully saturated rings. The first-order valence-electron chi connectivity index (χ1n) is 9.82. The van der Waals surface area contributed by atoms with Gasteiger partial charge in [-0.25, -0.2) is 8.42 Å². The van der Waals surface area contributed by atoms with Crippen molar-refractivity contribution in [3.05, 3.63) is 48.0 Å². The standard InChI is InChI=1S/C22H28N2O6S/c1-22(2)13-19(18-11-8-16(29-5)12-20(18)30-22)23-21(25)14-24(3)31(26,27)17-9-6-15(28-4)7-10-17/h6-12,19H,13-14H2,1-5H3,(H,23,25)/t19-/m0/s1. The second kappa shape index (κ2) is 8.76. The maximum Gasteiger partial charge on any atom is 0.243 e. The highest BCUT2D eigenvalue weighted by atomic mass is 32.2. The number of rotatable bonds is 7. The lowest BCUT2D eigenvalue weighted by Crippen LogP contribution is -2.44. The average Bonchev–Trinajstić information content (AvgIpc) is 2.72. The Hall–Kier alpha value is -2.78. The summed E-state index contributed by atoms with van der Waals surface area (Å²) in [6.45, 7) is 3.57. The number of nitrogens with one attached hydrogen (secondary N) is 1. The molecule has 0 aromatic heterocycles. The lowest BCUT2D eigenvalue weighted by atomic mass is 9.89. The number of fused-ring (bicyclic) bond motifs is 1. The van der Waals surface area contributed by atoms with Crippen LogP contribution in [0.4, 0.5) is 0 Å². The number of sulfonamides is 1. The molecule has 2 aromatic carbocycles. The van der Waals surface area contributed by atoms with Crippen molar-refractivity contribution < 1.29 is 27.4 Å². The van der Waals surface area contributed by atoms with Crippen LogP contribution in [-0.2, 0) is 14.8 Å². The lowest BCUT2D eigenvalue weighted by Gasteiger charge is -2.38. The van der Waals surface area contributed by atoms with Crippen LogP contribution in [-0.4, -0.2) is 52.0 Å². The second-order valence-corrected chi connectivity index (χ2v) is 10.1. The summed E-state index contributed by atoms with van der Waals surface area (Å²) in [5.41, 5.74) is 0.326. The molecule has 0 bridgehead atoms. The Morgan fingerprint density at radius 1 is 1.13 bits per heavy atom. The van der Waals surface area contributed by atoms with Gasteiger partial charge in [0, 0.05) is 25.1 Å². The van der Waals surface area contributed by atoms with Gasteiger partial charge in [-0.15, -0.1) is 0 Å². The molecule has 31 heavy (non-hydrogen) atoms. The number of carbonyl (C=O) groups is 1. The van der Waals surface area contributed by atoms with Crippen molar-refractivity contribution >= 4 is 15.9 Å². The quantitative estimate of drug-likeness (QED) is 0.700. The van der Waals surface area contributed by atoms with Crippen LogP contribution >= 0.6 is 0 Å². The first-order valence-corrected chi connectivity index (χ1v) is 11.3. The Kier molecular flexibility index (Phi) is 6.47. The Bertz CT molecular complexity index is 1050. The molecule has 0 saturated carbocycles. The normalized spacial score (nSPS) is 17.4. The minimum absolute atomic E-state index is 0.0910. The lowest BCUT2D eigenvalue weighted by molar-refractivity contribution is -0.122. The van der Waals surface area contributed by atoms with Crippen molar-refractivity contribution in [2.45, 2.75) is 36.8 Å². The Labute approximate surface area is 183 Å². The van der Waals surface area contributed by atoms with Crippen LogP contribution in [0.3, 0.4) is 0 Å². The van der Waals surface area contributed by atoms with E-state index in [4.69, 9.17) is 14.2 Å². The monoisotopic (exact) mass is 448 g/mol. The Morgan fingerprint density at radius 3 is 2.35 bits per heavy atom. The molecule has 1 N–H and O–H groups in total. The fourth-order valence-corrected chi connectivity index (χ4v) is 4.67. The summed E-state index contributed by atoms with van der Waals surface area (Å²) in [7, 11) is 0.648. The summed E-state index contributed by atoms with van der Waals surface area (Å²) in [4.78, 5) is 12.8. The molecule has 1 aliphatic heterocycles. The summed E-state index contributed by atoms with van der Waals surface area (Å²) in [5, 5.41) is 2.96. The van der Waals surface area contributed by atoms with Gasteiger partial charge in [0.2, 0.25) is 15.9 Å². The van der Waals surface area contributed by atoms with Gasteiger partial charge in [-0.05, 0) is 50.2 Å². The van der Waals surface area contributed by atoms with Crippen molar-refractivity contribution in [3.8, 4) is 17.2 Å². The van der Waals surface area contributed by atoms with Crippen molar-refractivity contribution in [1.29, 1.82) is 0 Å². The number of ether oxygens (including phenoxy) is 3. The summed E-state index contributed by atoms with van der Waals surface area (Å²) >= 11 is 0. The van der Waals surface area contributed by atoms with E-state index in [1.807, 2.05) is 19.9 Å². The summed E-state index contributed by atoms with van der Waals surface area (Å²) < 4.78 is 43.0. The van der Waals surface area contributed by atoms with Crippen molar-refractivity contribution in [3.63, 3.8) is 0 Å². The number of amides is 1. The van der Waals surface area contributed by atoms with E-state index in [1.54, 1.807) is 31.4 Å². The second-order valence-electron chi connectivity index (χ2n) is 8.03. The fraction of sp³-hybridized carbons (Fsp3) is 0.409. The molecule has 1 aliphatic rings. The van der Waals surface area contributed by atoms with E-state index in [9.17, 15) is 13.2 Å². The van der Waals surface area contributed by atoms with Gasteiger partial charge >= 0.3 is 0 Å². The Balaban J connectivity index is 1.74. The molecule has 1 amide bonds. The van der Waals surface area contributed by atoms with Crippen molar-refractivity contribution in [1.82, 2.24) is 9.62 Å². The largest absolute Gasteiger partial charge is 0.497 e. The number of carbonyl (C=O) groups excluding carboxylic acids is 1. The van der Waals surface area contributed by atoms with Crippen LogP contribution in [0.5, 0.6) is 17.2 Å². The van der Waals surface area contributed by atoms with Crippen LogP contribution < -0.4 is 19.5 Å². The maximum atomic E-state index is 12.8. The van der Waals surface area contributed by atoms with Gasteiger partial charge in [0.25, 0.3) is 0 Å². The van der Waals surface area contributed by atoms with Crippen LogP contribution in [0, 0.1) is 0 Å². The van der Waals surface area contributed by atoms with E-state index in [0.29, 0.717) is 23.7 Å². The first kappa shape index (κ1) is 22.9. The summed E-state index contributed by atoms with van der Waals surface area (Å²) in [6, 6.07) is 11.2. The maximum absolute atomic E-state index is 12.8. The topological polar surface area (TPSA) is 94.2 Å². The summed E-state index contributed by atoms with van der Waals surface area (Å²) in [5.74, 6) is 1.45. The van der Waals surface area contributed by atoms with Gasteiger partial charge in [0.15, 0.2) is 0 Å². The number of hydrogen-bond donors (Lipinski definition) is 1. The highest BCUT2D eigenvalue weighted by molar-refractivity contribution is 7.89. The summed E-state index contributed by atoms with van der Waals surface area (Å²) in [6.07, 6.45) is 0.549. The van der Waals surface area contributed by atoms with Crippen LogP contribution in [0.2, 0.25) is 0 Å². The van der Waals surface area contributed by atoms with E-state index in [2.05, 4.69) is 5.32 Å². The smallest absolute Gasteiger partial charge is 0.243 e. The molecule has 168 valence electrons. The van der Waals surface area contributed by atoms with Gasteiger partial charge in [-0.2, -0.15) is 4.31 Å². The molecular formula is C22H28N2O6S. The van der Waals surface area contributed by atoms with Crippen LogP contribution in [0.25, 0.3) is 0 Å².